The van der Waals surface area contributed by atoms with Crippen LogP contribution in [0.4, 0.5) is 5.69 Å². The van der Waals surface area contributed by atoms with Gasteiger partial charge in [-0.25, -0.2) is 0 Å². The van der Waals surface area contributed by atoms with E-state index in [4.69, 9.17) is 0 Å². The van der Waals surface area contributed by atoms with Crippen LogP contribution in [0, 0.1) is 11.8 Å². The van der Waals surface area contributed by atoms with E-state index in [2.05, 4.69) is 39.5 Å². The molecule has 2 atom stereocenters. The van der Waals surface area contributed by atoms with E-state index in [1.165, 1.54) is 0 Å². The molecule has 158 valence electrons. The van der Waals surface area contributed by atoms with Crippen molar-refractivity contribution >= 4 is 36.4 Å². The summed E-state index contributed by atoms with van der Waals surface area (Å²) in [5.74, 6) is 1.56. The fourth-order valence-corrected chi connectivity index (χ4v) is 4.27. The molecule has 2 fully saturated rings. The Bertz CT molecular complexity index is 799. The monoisotopic (exact) mass is 436 g/mol. The van der Waals surface area contributed by atoms with Crippen LogP contribution < -0.4 is 10.2 Å². The first-order valence-corrected chi connectivity index (χ1v) is 9.84. The number of pyridine rings is 1. The number of aromatic nitrogens is 1. The van der Waals surface area contributed by atoms with E-state index < -0.39 is 0 Å². The van der Waals surface area contributed by atoms with E-state index in [9.17, 15) is 4.79 Å². The predicted molar refractivity (Wildman–Crippen MR) is 123 cm³/mol. The van der Waals surface area contributed by atoms with Gasteiger partial charge in [0.1, 0.15) is 0 Å². The van der Waals surface area contributed by atoms with Gasteiger partial charge in [0.05, 0.1) is 5.56 Å². The number of anilines is 1. The average Bonchev–Trinajstić information content (AvgIpc) is 3.06. The number of carbonyl (C=O) groups excluding carboxylic acids is 1. The van der Waals surface area contributed by atoms with Gasteiger partial charge >= 0.3 is 0 Å². The number of nitrogens with zero attached hydrogens (tertiary/aromatic N) is 3. The largest absolute Gasteiger partial charge is 0.378 e. The number of hydrogen-bond donors (Lipinski definition) is 1. The number of likely N-dealkylation sites (tertiary alicyclic amines) is 1. The third-order valence-corrected chi connectivity index (χ3v) is 6.01. The van der Waals surface area contributed by atoms with Crippen LogP contribution in [0.5, 0.6) is 0 Å². The van der Waals surface area contributed by atoms with Gasteiger partial charge < -0.3 is 15.1 Å². The lowest BCUT2D eigenvalue weighted by Crippen LogP contribution is -2.32. The molecule has 1 aromatic heterocycles. The summed E-state index contributed by atoms with van der Waals surface area (Å²) < 4.78 is 0. The van der Waals surface area contributed by atoms with Crippen LogP contribution in [0.25, 0.3) is 11.1 Å². The SMILES string of the molecule is CN(C)c1ccc(-c2cncc(C(=O)N3CC[C@@H]4CNC[C@@H]4CC3)c2)cc1.Cl.Cl. The Morgan fingerprint density at radius 2 is 1.62 bits per heavy atom. The van der Waals surface area contributed by atoms with Crippen LogP contribution in [-0.4, -0.2) is 56.1 Å². The molecule has 29 heavy (non-hydrogen) atoms. The number of nitrogens with one attached hydrogen (secondary N) is 1. The molecule has 0 unspecified atom stereocenters. The Morgan fingerprint density at radius 1 is 1.00 bits per heavy atom. The van der Waals surface area contributed by atoms with Crippen LogP contribution in [0.1, 0.15) is 23.2 Å². The topological polar surface area (TPSA) is 48.5 Å². The second-order valence-corrected chi connectivity index (χ2v) is 7.95. The molecule has 0 bridgehead atoms. The highest BCUT2D eigenvalue weighted by Gasteiger charge is 2.31. The molecular formula is C22H30Cl2N4O. The molecule has 1 N–H and O–H groups in total. The second-order valence-electron chi connectivity index (χ2n) is 7.95. The lowest BCUT2D eigenvalue weighted by Gasteiger charge is -2.21. The Labute approximate surface area is 185 Å². The van der Waals surface area contributed by atoms with Crippen molar-refractivity contribution in [1.82, 2.24) is 15.2 Å². The van der Waals surface area contributed by atoms with E-state index in [-0.39, 0.29) is 30.7 Å². The van der Waals surface area contributed by atoms with Gasteiger partial charge in [0.15, 0.2) is 0 Å². The van der Waals surface area contributed by atoms with E-state index in [0.29, 0.717) is 5.56 Å². The first-order valence-electron chi connectivity index (χ1n) is 9.84. The maximum absolute atomic E-state index is 13.1. The normalized spacial score (nSPS) is 20.7. The zero-order valence-corrected chi connectivity index (χ0v) is 18.6. The maximum atomic E-state index is 13.1. The van der Waals surface area contributed by atoms with E-state index in [0.717, 1.165) is 67.7 Å². The van der Waals surface area contributed by atoms with Crippen LogP contribution in [0.3, 0.4) is 0 Å². The predicted octanol–water partition coefficient (Wildman–Crippen LogP) is 3.73. The summed E-state index contributed by atoms with van der Waals surface area (Å²) in [7, 11) is 4.06. The van der Waals surface area contributed by atoms with Crippen molar-refractivity contribution in [2.45, 2.75) is 12.8 Å². The number of amides is 1. The van der Waals surface area contributed by atoms with Crippen LogP contribution in [0.2, 0.25) is 0 Å². The Balaban J connectivity index is 0.00000150. The molecule has 1 amide bonds. The smallest absolute Gasteiger partial charge is 0.255 e. The van der Waals surface area contributed by atoms with Crippen LogP contribution in [-0.2, 0) is 0 Å². The number of fused-ring (bicyclic) bond motifs is 1. The zero-order chi connectivity index (χ0) is 18.8. The number of benzene rings is 1. The van der Waals surface area contributed by atoms with E-state index in [1.807, 2.05) is 31.3 Å². The molecule has 0 radical (unpaired) electrons. The lowest BCUT2D eigenvalue weighted by atomic mass is 9.92. The van der Waals surface area contributed by atoms with Gasteiger partial charge in [-0.15, -0.1) is 24.8 Å². The average molecular weight is 437 g/mol. The molecule has 1 aromatic carbocycles. The fourth-order valence-electron chi connectivity index (χ4n) is 4.27. The van der Waals surface area contributed by atoms with Crippen molar-refractivity contribution in [2.75, 3.05) is 45.2 Å². The van der Waals surface area contributed by atoms with Crippen molar-refractivity contribution in [1.29, 1.82) is 0 Å². The third kappa shape index (κ3) is 5.21. The molecule has 0 spiro atoms. The Morgan fingerprint density at radius 3 is 2.21 bits per heavy atom. The van der Waals surface area contributed by atoms with Gasteiger partial charge in [0, 0.05) is 50.8 Å². The molecule has 7 heteroatoms. The molecule has 0 aliphatic carbocycles. The number of halogens is 2. The molecule has 2 aliphatic rings. The highest BCUT2D eigenvalue weighted by Crippen LogP contribution is 2.28. The van der Waals surface area contributed by atoms with E-state index >= 15 is 0 Å². The van der Waals surface area contributed by atoms with Gasteiger partial charge in [-0.1, -0.05) is 12.1 Å². The molecule has 0 saturated carbocycles. The van der Waals surface area contributed by atoms with Gasteiger partial charge in [-0.2, -0.15) is 0 Å². The minimum absolute atomic E-state index is 0. The zero-order valence-electron chi connectivity index (χ0n) is 17.0. The number of hydrogen-bond acceptors (Lipinski definition) is 4. The Hall–Kier alpha value is -1.82. The minimum atomic E-state index is 0. The second kappa shape index (κ2) is 10.3. The standard InChI is InChI=1S/C22H28N4O.2ClH/c1-25(2)21-5-3-16(4-6-21)19-11-20(15-24-14-19)22(27)26-9-7-17-12-23-13-18(17)8-10-26;;/h3-6,11,14-15,17-18,23H,7-10,12-13H2,1-2H3;2*1H/t17-,18+;;. The van der Waals surface area contributed by atoms with Crippen molar-refractivity contribution in [3.05, 3.63) is 48.3 Å². The molecule has 2 aliphatic heterocycles. The molecule has 3 heterocycles. The summed E-state index contributed by atoms with van der Waals surface area (Å²) >= 11 is 0. The summed E-state index contributed by atoms with van der Waals surface area (Å²) in [6, 6.07) is 10.3. The van der Waals surface area contributed by atoms with Crippen molar-refractivity contribution in [3.63, 3.8) is 0 Å². The highest BCUT2D eigenvalue weighted by molar-refractivity contribution is 5.95. The van der Waals surface area contributed by atoms with Crippen molar-refractivity contribution in [3.8, 4) is 11.1 Å². The fraction of sp³-hybridized carbons (Fsp3) is 0.455. The summed E-state index contributed by atoms with van der Waals surface area (Å²) in [5, 5.41) is 3.49. The lowest BCUT2D eigenvalue weighted by molar-refractivity contribution is 0.0758. The van der Waals surface area contributed by atoms with Crippen LogP contribution >= 0.6 is 24.8 Å². The molecule has 5 nitrogen and oxygen atoms in total. The molecule has 2 saturated heterocycles. The van der Waals surface area contributed by atoms with Crippen molar-refractivity contribution in [2.24, 2.45) is 11.8 Å². The first-order chi connectivity index (χ1) is 13.1. The van der Waals surface area contributed by atoms with E-state index in [1.54, 1.807) is 6.20 Å². The summed E-state index contributed by atoms with van der Waals surface area (Å²) in [4.78, 5) is 21.5. The quantitative estimate of drug-likeness (QED) is 0.795. The summed E-state index contributed by atoms with van der Waals surface area (Å²) in [6.07, 6.45) is 5.73. The Kier molecular flexibility index (Phi) is 8.32. The van der Waals surface area contributed by atoms with Gasteiger partial charge in [-0.05, 0) is 61.5 Å². The van der Waals surface area contributed by atoms with Crippen molar-refractivity contribution < 1.29 is 4.79 Å². The summed E-state index contributed by atoms with van der Waals surface area (Å²) in [6.45, 7) is 3.91. The maximum Gasteiger partial charge on any atom is 0.255 e. The number of carbonyl (C=O) groups is 1. The molecule has 4 rings (SSSR count). The third-order valence-electron chi connectivity index (χ3n) is 6.01. The van der Waals surface area contributed by atoms with Gasteiger partial charge in [0.25, 0.3) is 5.91 Å². The molecular weight excluding hydrogens is 407 g/mol. The highest BCUT2D eigenvalue weighted by atomic mass is 35.5. The summed E-state index contributed by atoms with van der Waals surface area (Å²) in [5.41, 5.74) is 3.92. The first kappa shape index (κ1) is 23.5. The number of rotatable bonds is 3. The van der Waals surface area contributed by atoms with Gasteiger partial charge in [-0.3, -0.25) is 9.78 Å². The minimum Gasteiger partial charge on any atom is -0.378 e. The van der Waals surface area contributed by atoms with Crippen LogP contribution in [0.15, 0.2) is 42.7 Å². The molecule has 2 aromatic rings. The van der Waals surface area contributed by atoms with Gasteiger partial charge in [0.2, 0.25) is 0 Å².